The number of ether oxygens (including phenoxy) is 1. The summed E-state index contributed by atoms with van der Waals surface area (Å²) in [7, 11) is 0. The van der Waals surface area contributed by atoms with E-state index in [0.29, 0.717) is 17.9 Å². The SMILES string of the molecule is CCCOC1CCCN(C(=O)CCC2CCNC2)CC1. The summed E-state index contributed by atoms with van der Waals surface area (Å²) in [6.07, 6.45) is 7.67. The molecule has 2 rings (SSSR count). The summed E-state index contributed by atoms with van der Waals surface area (Å²) in [5.41, 5.74) is 0. The first-order chi connectivity index (χ1) is 9.79. The van der Waals surface area contributed by atoms with E-state index in [2.05, 4.69) is 17.1 Å². The summed E-state index contributed by atoms with van der Waals surface area (Å²) < 4.78 is 5.84. The van der Waals surface area contributed by atoms with Gasteiger partial charge in [0.1, 0.15) is 0 Å². The first-order valence-corrected chi connectivity index (χ1v) is 8.39. The normalized spacial score (nSPS) is 27.6. The highest BCUT2D eigenvalue weighted by atomic mass is 16.5. The molecule has 1 N–H and O–H groups in total. The Morgan fingerprint density at radius 3 is 2.95 bits per heavy atom. The molecule has 2 fully saturated rings. The zero-order chi connectivity index (χ0) is 14.2. The molecule has 0 aromatic carbocycles. The summed E-state index contributed by atoms with van der Waals surface area (Å²) in [6, 6.07) is 0. The van der Waals surface area contributed by atoms with Crippen molar-refractivity contribution in [2.24, 2.45) is 5.92 Å². The van der Waals surface area contributed by atoms with E-state index in [1.807, 2.05) is 0 Å². The lowest BCUT2D eigenvalue weighted by Gasteiger charge is -2.21. The molecular formula is C16H30N2O2. The van der Waals surface area contributed by atoms with Crippen LogP contribution in [0.4, 0.5) is 0 Å². The Kier molecular flexibility index (Phi) is 6.80. The second-order valence-electron chi connectivity index (χ2n) is 6.20. The van der Waals surface area contributed by atoms with Crippen LogP contribution in [0, 0.1) is 5.92 Å². The number of rotatable bonds is 6. The quantitative estimate of drug-likeness (QED) is 0.812. The van der Waals surface area contributed by atoms with Gasteiger partial charge in [0.15, 0.2) is 0 Å². The molecule has 0 saturated carbocycles. The van der Waals surface area contributed by atoms with E-state index in [1.165, 1.54) is 6.42 Å². The summed E-state index contributed by atoms with van der Waals surface area (Å²) >= 11 is 0. The molecule has 4 heteroatoms. The lowest BCUT2D eigenvalue weighted by molar-refractivity contribution is -0.131. The maximum absolute atomic E-state index is 12.3. The number of hydrogen-bond donors (Lipinski definition) is 1. The molecule has 0 aromatic rings. The largest absolute Gasteiger partial charge is 0.378 e. The van der Waals surface area contributed by atoms with Crippen LogP contribution in [-0.2, 0) is 9.53 Å². The van der Waals surface area contributed by atoms with Crippen LogP contribution < -0.4 is 5.32 Å². The zero-order valence-electron chi connectivity index (χ0n) is 12.9. The van der Waals surface area contributed by atoms with E-state index in [9.17, 15) is 4.79 Å². The van der Waals surface area contributed by atoms with Crippen LogP contribution in [0.2, 0.25) is 0 Å². The third-order valence-corrected chi connectivity index (χ3v) is 4.51. The van der Waals surface area contributed by atoms with E-state index in [-0.39, 0.29) is 0 Å². The molecule has 0 aliphatic carbocycles. The first-order valence-electron chi connectivity index (χ1n) is 8.39. The lowest BCUT2D eigenvalue weighted by Crippen LogP contribution is -2.32. The minimum absolute atomic E-state index is 0.355. The van der Waals surface area contributed by atoms with Gasteiger partial charge in [-0.1, -0.05) is 6.92 Å². The van der Waals surface area contributed by atoms with Gasteiger partial charge in [-0.2, -0.15) is 0 Å². The fourth-order valence-corrected chi connectivity index (χ4v) is 3.21. The molecule has 0 radical (unpaired) electrons. The first kappa shape index (κ1) is 15.8. The maximum atomic E-state index is 12.3. The van der Waals surface area contributed by atoms with Crippen LogP contribution in [-0.4, -0.2) is 49.7 Å². The predicted octanol–water partition coefficient (Wildman–Crippen LogP) is 2.18. The Bertz CT molecular complexity index is 290. The minimum atomic E-state index is 0.355. The molecule has 0 aromatic heterocycles. The van der Waals surface area contributed by atoms with Crippen LogP contribution in [0.1, 0.15) is 51.9 Å². The fraction of sp³-hybridized carbons (Fsp3) is 0.938. The Morgan fingerprint density at radius 2 is 2.20 bits per heavy atom. The van der Waals surface area contributed by atoms with Crippen molar-refractivity contribution >= 4 is 5.91 Å². The smallest absolute Gasteiger partial charge is 0.222 e. The standard InChI is InChI=1S/C16H30N2O2/c1-2-12-20-15-4-3-10-18(11-8-15)16(19)6-5-14-7-9-17-13-14/h14-15,17H,2-13H2,1H3. The van der Waals surface area contributed by atoms with E-state index >= 15 is 0 Å². The average Bonchev–Trinajstić information content (AvgIpc) is 2.87. The van der Waals surface area contributed by atoms with Gasteiger partial charge in [0, 0.05) is 26.1 Å². The van der Waals surface area contributed by atoms with Crippen LogP contribution in [0.3, 0.4) is 0 Å². The van der Waals surface area contributed by atoms with E-state index in [0.717, 1.165) is 71.3 Å². The lowest BCUT2D eigenvalue weighted by atomic mass is 10.0. The number of hydrogen-bond acceptors (Lipinski definition) is 3. The van der Waals surface area contributed by atoms with Crippen LogP contribution in [0.25, 0.3) is 0 Å². The monoisotopic (exact) mass is 282 g/mol. The van der Waals surface area contributed by atoms with Crippen molar-refractivity contribution in [3.05, 3.63) is 0 Å². The summed E-state index contributed by atoms with van der Waals surface area (Å²) in [5.74, 6) is 1.07. The Labute approximate surface area is 123 Å². The van der Waals surface area contributed by atoms with Gasteiger partial charge in [-0.05, 0) is 57.5 Å². The van der Waals surface area contributed by atoms with Gasteiger partial charge in [-0.3, -0.25) is 4.79 Å². The van der Waals surface area contributed by atoms with Crippen molar-refractivity contribution in [2.45, 2.75) is 58.0 Å². The Morgan fingerprint density at radius 1 is 1.30 bits per heavy atom. The van der Waals surface area contributed by atoms with Gasteiger partial charge < -0.3 is 15.0 Å². The van der Waals surface area contributed by atoms with Crippen molar-refractivity contribution < 1.29 is 9.53 Å². The van der Waals surface area contributed by atoms with Gasteiger partial charge >= 0.3 is 0 Å². The van der Waals surface area contributed by atoms with Gasteiger partial charge in [-0.25, -0.2) is 0 Å². The number of amides is 1. The zero-order valence-corrected chi connectivity index (χ0v) is 12.9. The average molecular weight is 282 g/mol. The molecule has 20 heavy (non-hydrogen) atoms. The fourth-order valence-electron chi connectivity index (χ4n) is 3.21. The number of nitrogens with one attached hydrogen (secondary N) is 1. The molecule has 2 aliphatic rings. The predicted molar refractivity (Wildman–Crippen MR) is 80.7 cm³/mol. The highest BCUT2D eigenvalue weighted by Crippen LogP contribution is 2.18. The van der Waals surface area contributed by atoms with Gasteiger partial charge in [-0.15, -0.1) is 0 Å². The third kappa shape index (κ3) is 5.06. The molecule has 1 amide bonds. The Balaban J connectivity index is 1.67. The molecule has 0 bridgehead atoms. The molecule has 0 spiro atoms. The molecule has 2 unspecified atom stereocenters. The summed E-state index contributed by atoms with van der Waals surface area (Å²) in [6.45, 7) is 7.03. The van der Waals surface area contributed by atoms with Crippen LogP contribution in [0.15, 0.2) is 0 Å². The second-order valence-corrected chi connectivity index (χ2v) is 6.20. The number of likely N-dealkylation sites (tertiary alicyclic amines) is 1. The van der Waals surface area contributed by atoms with Gasteiger partial charge in [0.25, 0.3) is 0 Å². The molecule has 2 atom stereocenters. The van der Waals surface area contributed by atoms with E-state index < -0.39 is 0 Å². The third-order valence-electron chi connectivity index (χ3n) is 4.51. The van der Waals surface area contributed by atoms with Crippen molar-refractivity contribution in [1.82, 2.24) is 10.2 Å². The highest BCUT2D eigenvalue weighted by molar-refractivity contribution is 5.76. The molecule has 2 heterocycles. The summed E-state index contributed by atoms with van der Waals surface area (Å²) in [4.78, 5) is 14.4. The molecule has 2 saturated heterocycles. The maximum Gasteiger partial charge on any atom is 0.222 e. The highest BCUT2D eigenvalue weighted by Gasteiger charge is 2.22. The van der Waals surface area contributed by atoms with Crippen molar-refractivity contribution in [2.75, 3.05) is 32.8 Å². The van der Waals surface area contributed by atoms with Crippen LogP contribution in [0.5, 0.6) is 0 Å². The van der Waals surface area contributed by atoms with Crippen molar-refractivity contribution in [3.8, 4) is 0 Å². The number of carbonyl (C=O) groups excluding carboxylic acids is 1. The van der Waals surface area contributed by atoms with E-state index in [4.69, 9.17) is 4.74 Å². The molecular weight excluding hydrogens is 252 g/mol. The topological polar surface area (TPSA) is 41.6 Å². The van der Waals surface area contributed by atoms with Crippen molar-refractivity contribution in [1.29, 1.82) is 0 Å². The Hall–Kier alpha value is -0.610. The molecule has 2 aliphatic heterocycles. The van der Waals surface area contributed by atoms with Gasteiger partial charge in [0.2, 0.25) is 5.91 Å². The second kappa shape index (κ2) is 8.63. The van der Waals surface area contributed by atoms with E-state index in [1.54, 1.807) is 0 Å². The number of nitrogens with zero attached hydrogens (tertiary/aromatic N) is 1. The van der Waals surface area contributed by atoms with Gasteiger partial charge in [0.05, 0.1) is 6.10 Å². The minimum Gasteiger partial charge on any atom is -0.378 e. The molecule has 4 nitrogen and oxygen atoms in total. The van der Waals surface area contributed by atoms with Crippen LogP contribution >= 0.6 is 0 Å². The molecule has 116 valence electrons. The number of carbonyl (C=O) groups is 1. The summed E-state index contributed by atoms with van der Waals surface area (Å²) in [5, 5.41) is 3.37. The van der Waals surface area contributed by atoms with Crippen molar-refractivity contribution in [3.63, 3.8) is 0 Å².